The summed E-state index contributed by atoms with van der Waals surface area (Å²) < 4.78 is 0.683. The average molecular weight is 301 g/mol. The minimum absolute atomic E-state index is 0.0726. The number of hydrogen-bond acceptors (Lipinski definition) is 3. The van der Waals surface area contributed by atoms with Crippen molar-refractivity contribution in [3.63, 3.8) is 0 Å². The SMILES string of the molecule is CC1C(=O)NC(C)(C)C(=O)N1C(C)c1ccc(Cl)s1. The van der Waals surface area contributed by atoms with Gasteiger partial charge in [-0.15, -0.1) is 11.3 Å². The second kappa shape index (κ2) is 4.80. The molecule has 1 aromatic heterocycles. The summed E-state index contributed by atoms with van der Waals surface area (Å²) >= 11 is 7.37. The van der Waals surface area contributed by atoms with E-state index in [1.807, 2.05) is 19.1 Å². The van der Waals surface area contributed by atoms with Gasteiger partial charge in [0.1, 0.15) is 11.6 Å². The van der Waals surface area contributed by atoms with Gasteiger partial charge in [-0.25, -0.2) is 0 Å². The van der Waals surface area contributed by atoms with Crippen LogP contribution in [0.1, 0.15) is 38.6 Å². The number of nitrogens with one attached hydrogen (secondary N) is 1. The van der Waals surface area contributed by atoms with Crippen molar-refractivity contribution >= 4 is 34.8 Å². The first-order valence-electron chi connectivity index (χ1n) is 6.14. The van der Waals surface area contributed by atoms with Gasteiger partial charge in [0.05, 0.1) is 10.4 Å². The van der Waals surface area contributed by atoms with Crippen LogP contribution in [-0.4, -0.2) is 28.3 Å². The van der Waals surface area contributed by atoms with E-state index in [1.54, 1.807) is 25.7 Å². The van der Waals surface area contributed by atoms with Crippen LogP contribution >= 0.6 is 22.9 Å². The van der Waals surface area contributed by atoms with E-state index in [0.717, 1.165) is 4.88 Å². The van der Waals surface area contributed by atoms with Gasteiger partial charge in [0.25, 0.3) is 0 Å². The number of piperazine rings is 1. The minimum atomic E-state index is -0.862. The van der Waals surface area contributed by atoms with E-state index in [-0.39, 0.29) is 17.9 Å². The van der Waals surface area contributed by atoms with Crippen LogP contribution < -0.4 is 5.32 Å². The Morgan fingerprint density at radius 2 is 2.05 bits per heavy atom. The molecule has 1 saturated heterocycles. The van der Waals surface area contributed by atoms with Crippen molar-refractivity contribution in [1.82, 2.24) is 10.2 Å². The second-order valence-corrected chi connectivity index (χ2v) is 7.07. The van der Waals surface area contributed by atoms with Crippen molar-refractivity contribution in [2.45, 2.75) is 45.3 Å². The predicted octanol–water partition coefficient (Wildman–Crippen LogP) is 2.59. The summed E-state index contributed by atoms with van der Waals surface area (Å²) in [5, 5.41) is 2.74. The smallest absolute Gasteiger partial charge is 0.248 e. The van der Waals surface area contributed by atoms with Crippen molar-refractivity contribution in [1.29, 1.82) is 0 Å². The molecule has 0 radical (unpaired) electrons. The molecule has 0 saturated carbocycles. The quantitative estimate of drug-likeness (QED) is 0.912. The Balaban J connectivity index is 2.35. The fraction of sp³-hybridized carbons (Fsp3) is 0.538. The van der Waals surface area contributed by atoms with Crippen LogP contribution in [0.5, 0.6) is 0 Å². The molecule has 0 aliphatic carbocycles. The molecule has 6 heteroatoms. The summed E-state index contributed by atoms with van der Waals surface area (Å²) in [5.41, 5.74) is -0.862. The van der Waals surface area contributed by atoms with Gasteiger partial charge in [-0.05, 0) is 39.8 Å². The summed E-state index contributed by atoms with van der Waals surface area (Å²) in [6, 6.07) is 3.07. The van der Waals surface area contributed by atoms with Crippen LogP contribution in [0.25, 0.3) is 0 Å². The maximum absolute atomic E-state index is 12.5. The highest BCUT2D eigenvalue weighted by atomic mass is 35.5. The van der Waals surface area contributed by atoms with Gasteiger partial charge in [0.2, 0.25) is 11.8 Å². The van der Waals surface area contributed by atoms with Crippen molar-refractivity contribution < 1.29 is 9.59 Å². The molecule has 2 unspecified atom stereocenters. The molecule has 1 N–H and O–H groups in total. The molecule has 0 bridgehead atoms. The van der Waals surface area contributed by atoms with Crippen LogP contribution in [0.4, 0.5) is 0 Å². The third-order valence-corrected chi connectivity index (χ3v) is 4.83. The lowest BCUT2D eigenvalue weighted by molar-refractivity contribution is -0.155. The normalized spacial score (nSPS) is 24.3. The lowest BCUT2D eigenvalue weighted by Gasteiger charge is -2.44. The molecule has 1 aliphatic rings. The Hall–Kier alpha value is -1.07. The van der Waals surface area contributed by atoms with Crippen molar-refractivity contribution in [3.05, 3.63) is 21.3 Å². The van der Waals surface area contributed by atoms with E-state index in [4.69, 9.17) is 11.6 Å². The number of halogens is 1. The topological polar surface area (TPSA) is 49.4 Å². The minimum Gasteiger partial charge on any atom is -0.340 e. The van der Waals surface area contributed by atoms with E-state index in [9.17, 15) is 9.59 Å². The first-order valence-corrected chi connectivity index (χ1v) is 7.33. The zero-order chi connectivity index (χ0) is 14.4. The molecule has 1 fully saturated rings. The number of rotatable bonds is 2. The number of nitrogens with zero attached hydrogens (tertiary/aromatic N) is 1. The average Bonchev–Trinajstić information content (AvgIpc) is 2.73. The molecule has 2 rings (SSSR count). The molecule has 1 aromatic rings. The Kier molecular flexibility index (Phi) is 3.62. The first kappa shape index (κ1) is 14.3. The van der Waals surface area contributed by atoms with Gasteiger partial charge in [-0.3, -0.25) is 9.59 Å². The third kappa shape index (κ3) is 2.49. The lowest BCUT2D eigenvalue weighted by Crippen LogP contribution is -2.67. The lowest BCUT2D eigenvalue weighted by atomic mass is 9.95. The van der Waals surface area contributed by atoms with Gasteiger partial charge in [-0.2, -0.15) is 0 Å². The highest BCUT2D eigenvalue weighted by Crippen LogP contribution is 2.34. The van der Waals surface area contributed by atoms with E-state index in [2.05, 4.69) is 5.32 Å². The Morgan fingerprint density at radius 1 is 1.42 bits per heavy atom. The molecule has 104 valence electrons. The number of carbonyl (C=O) groups excluding carboxylic acids is 2. The van der Waals surface area contributed by atoms with E-state index >= 15 is 0 Å². The maximum Gasteiger partial charge on any atom is 0.248 e. The van der Waals surface area contributed by atoms with Gasteiger partial charge in [0.15, 0.2) is 0 Å². The van der Waals surface area contributed by atoms with Crippen LogP contribution in [0.15, 0.2) is 12.1 Å². The molecule has 2 amide bonds. The highest BCUT2D eigenvalue weighted by molar-refractivity contribution is 7.16. The van der Waals surface area contributed by atoms with E-state index in [0.29, 0.717) is 4.34 Å². The summed E-state index contributed by atoms with van der Waals surface area (Å²) in [6.45, 7) is 7.11. The van der Waals surface area contributed by atoms with E-state index < -0.39 is 11.6 Å². The maximum atomic E-state index is 12.5. The summed E-state index contributed by atoms with van der Waals surface area (Å²) in [5.74, 6) is -0.198. The predicted molar refractivity (Wildman–Crippen MR) is 76.3 cm³/mol. The second-order valence-electron chi connectivity index (χ2n) is 5.32. The van der Waals surface area contributed by atoms with Gasteiger partial charge < -0.3 is 10.2 Å². The fourth-order valence-electron chi connectivity index (χ4n) is 2.29. The Labute approximate surface area is 121 Å². The van der Waals surface area contributed by atoms with Crippen molar-refractivity contribution in [2.24, 2.45) is 0 Å². The number of carbonyl (C=O) groups is 2. The molecule has 2 heterocycles. The summed E-state index contributed by atoms with van der Waals surface area (Å²) in [7, 11) is 0. The zero-order valence-corrected chi connectivity index (χ0v) is 12.9. The third-order valence-electron chi connectivity index (χ3n) is 3.42. The molecular formula is C13H17ClN2O2S. The Morgan fingerprint density at radius 3 is 2.58 bits per heavy atom. The zero-order valence-electron chi connectivity index (χ0n) is 11.4. The number of amides is 2. The Bertz CT molecular complexity index is 526. The van der Waals surface area contributed by atoms with Crippen LogP contribution in [0.3, 0.4) is 0 Å². The molecule has 0 spiro atoms. The van der Waals surface area contributed by atoms with Crippen molar-refractivity contribution in [3.8, 4) is 0 Å². The number of thiophene rings is 1. The van der Waals surface area contributed by atoms with Gasteiger partial charge >= 0.3 is 0 Å². The van der Waals surface area contributed by atoms with Gasteiger partial charge in [-0.1, -0.05) is 11.6 Å². The van der Waals surface area contributed by atoms with Crippen molar-refractivity contribution in [2.75, 3.05) is 0 Å². The fourth-order valence-corrected chi connectivity index (χ4v) is 3.40. The first-order chi connectivity index (χ1) is 8.74. The molecule has 1 aliphatic heterocycles. The molecule has 2 atom stereocenters. The summed E-state index contributed by atoms with van der Waals surface area (Å²) in [4.78, 5) is 27.1. The highest BCUT2D eigenvalue weighted by Gasteiger charge is 2.45. The van der Waals surface area contributed by atoms with Crippen LogP contribution in [0.2, 0.25) is 4.34 Å². The monoisotopic (exact) mass is 300 g/mol. The molecule has 19 heavy (non-hydrogen) atoms. The molecule has 4 nitrogen and oxygen atoms in total. The molecular weight excluding hydrogens is 284 g/mol. The number of hydrogen-bond donors (Lipinski definition) is 1. The van der Waals surface area contributed by atoms with Crippen LogP contribution in [-0.2, 0) is 9.59 Å². The largest absolute Gasteiger partial charge is 0.340 e. The van der Waals surface area contributed by atoms with Gasteiger partial charge in [0, 0.05) is 4.88 Å². The van der Waals surface area contributed by atoms with E-state index in [1.165, 1.54) is 11.3 Å². The van der Waals surface area contributed by atoms with Crippen LogP contribution in [0, 0.1) is 0 Å². The summed E-state index contributed by atoms with van der Waals surface area (Å²) in [6.07, 6.45) is 0. The molecule has 0 aromatic carbocycles. The standard InChI is InChI=1S/C13H17ClN2O2S/c1-7(9-5-6-10(14)19-9)16-8(2)11(17)15-13(3,4)12(16)18/h5-8H,1-4H3,(H,15,17).